The van der Waals surface area contributed by atoms with Gasteiger partial charge in [0.25, 0.3) is 0 Å². The highest BCUT2D eigenvalue weighted by Crippen LogP contribution is 2.39. The summed E-state index contributed by atoms with van der Waals surface area (Å²) in [6.45, 7) is 4.02. The summed E-state index contributed by atoms with van der Waals surface area (Å²) in [7, 11) is 0. The molecule has 0 aliphatic heterocycles. The number of hydrogen-bond donors (Lipinski definition) is 1. The van der Waals surface area contributed by atoms with Gasteiger partial charge >= 0.3 is 0 Å². The SMILES string of the molecule is CC(C)c1[nH]c2ccccc2c1C1=C(Cl)C(=O)C=C(Cl)C1=O. The molecule has 0 saturated carbocycles. The van der Waals surface area contributed by atoms with Gasteiger partial charge in [0.05, 0.1) is 15.6 Å². The molecule has 3 nitrogen and oxygen atoms in total. The second kappa shape index (κ2) is 5.41. The molecule has 2 aromatic rings. The van der Waals surface area contributed by atoms with E-state index >= 15 is 0 Å². The second-order valence-corrected chi connectivity index (χ2v) is 6.27. The number of Topliss-reactive ketones (excluding diaryl/α,β-unsaturated/α-hetero) is 1. The number of rotatable bonds is 2. The Morgan fingerprint density at radius 1 is 1.09 bits per heavy atom. The van der Waals surface area contributed by atoms with Crippen molar-refractivity contribution in [1.29, 1.82) is 0 Å². The number of halogens is 2. The molecule has 1 aliphatic rings. The lowest BCUT2D eigenvalue weighted by molar-refractivity contribution is -0.113. The van der Waals surface area contributed by atoms with Crippen LogP contribution in [0.15, 0.2) is 40.4 Å². The van der Waals surface area contributed by atoms with Crippen molar-refractivity contribution in [2.24, 2.45) is 0 Å². The van der Waals surface area contributed by atoms with Gasteiger partial charge in [-0.1, -0.05) is 55.2 Å². The molecule has 1 heterocycles. The van der Waals surface area contributed by atoms with Gasteiger partial charge in [-0.25, -0.2) is 0 Å². The summed E-state index contributed by atoms with van der Waals surface area (Å²) in [5.74, 6) is -0.730. The van der Waals surface area contributed by atoms with E-state index in [9.17, 15) is 9.59 Å². The molecule has 0 unspecified atom stereocenters. The fourth-order valence-electron chi connectivity index (χ4n) is 2.67. The van der Waals surface area contributed by atoms with E-state index in [4.69, 9.17) is 23.2 Å². The average molecular weight is 334 g/mol. The lowest BCUT2D eigenvalue weighted by Gasteiger charge is -2.15. The summed E-state index contributed by atoms with van der Waals surface area (Å²) in [5, 5.41) is 0.664. The van der Waals surface area contributed by atoms with Crippen LogP contribution in [0.5, 0.6) is 0 Å². The second-order valence-electron chi connectivity index (χ2n) is 5.49. The normalized spacial score (nSPS) is 16.0. The number of nitrogens with one attached hydrogen (secondary N) is 1. The van der Waals surface area contributed by atoms with Crippen LogP contribution in [0.3, 0.4) is 0 Å². The number of fused-ring (bicyclic) bond motifs is 1. The van der Waals surface area contributed by atoms with Gasteiger partial charge in [-0.2, -0.15) is 0 Å². The molecule has 0 amide bonds. The van der Waals surface area contributed by atoms with Crippen molar-refractivity contribution in [2.45, 2.75) is 19.8 Å². The van der Waals surface area contributed by atoms with E-state index in [1.165, 1.54) is 0 Å². The fourth-order valence-corrected chi connectivity index (χ4v) is 3.10. The summed E-state index contributed by atoms with van der Waals surface area (Å²) in [6, 6.07) is 7.61. The standard InChI is InChI=1S/C17H13Cl2NO2/c1-8(2)16-13(9-5-3-4-6-11(9)20-16)14-15(19)12(21)7-10(18)17(14)22/h3-8,20H,1-2H3. The molecule has 1 aliphatic carbocycles. The quantitative estimate of drug-likeness (QED) is 0.821. The van der Waals surface area contributed by atoms with Crippen molar-refractivity contribution in [1.82, 2.24) is 4.98 Å². The van der Waals surface area contributed by atoms with Crippen LogP contribution in [0, 0.1) is 0 Å². The lowest BCUT2D eigenvalue weighted by Crippen LogP contribution is -2.15. The molecule has 3 rings (SSSR count). The van der Waals surface area contributed by atoms with Gasteiger partial charge < -0.3 is 4.98 Å². The first-order valence-electron chi connectivity index (χ1n) is 6.88. The van der Waals surface area contributed by atoms with E-state index < -0.39 is 11.6 Å². The van der Waals surface area contributed by atoms with E-state index in [0.29, 0.717) is 5.56 Å². The first kappa shape index (κ1) is 15.1. The van der Waals surface area contributed by atoms with E-state index in [1.54, 1.807) is 0 Å². The summed E-state index contributed by atoms with van der Waals surface area (Å²) < 4.78 is 0. The molecule has 0 bridgehead atoms. The molecular weight excluding hydrogens is 321 g/mol. The molecule has 5 heteroatoms. The number of aromatic nitrogens is 1. The third-order valence-electron chi connectivity index (χ3n) is 3.70. The summed E-state index contributed by atoms with van der Waals surface area (Å²) in [5.41, 5.74) is 2.60. The molecule has 1 N–H and O–H groups in total. The number of para-hydroxylation sites is 1. The van der Waals surface area contributed by atoms with Crippen LogP contribution >= 0.6 is 23.2 Å². The van der Waals surface area contributed by atoms with Crippen LogP contribution in [-0.4, -0.2) is 16.6 Å². The molecule has 0 spiro atoms. The van der Waals surface area contributed by atoms with Crippen LogP contribution in [0.1, 0.15) is 31.0 Å². The Kier molecular flexibility index (Phi) is 3.71. The zero-order valence-corrected chi connectivity index (χ0v) is 13.5. The number of hydrogen-bond acceptors (Lipinski definition) is 2. The van der Waals surface area contributed by atoms with Crippen molar-refractivity contribution >= 4 is 51.2 Å². The van der Waals surface area contributed by atoms with Crippen molar-refractivity contribution in [3.63, 3.8) is 0 Å². The van der Waals surface area contributed by atoms with Crippen LogP contribution in [0.4, 0.5) is 0 Å². The highest BCUT2D eigenvalue weighted by atomic mass is 35.5. The molecule has 0 radical (unpaired) electrons. The van der Waals surface area contributed by atoms with E-state index in [0.717, 1.165) is 22.7 Å². The molecule has 0 saturated heterocycles. The van der Waals surface area contributed by atoms with Crippen LogP contribution in [-0.2, 0) is 9.59 Å². The number of allylic oxidation sites excluding steroid dienone is 4. The third-order valence-corrected chi connectivity index (χ3v) is 4.36. The number of carbonyl (C=O) groups excluding carboxylic acids is 2. The number of H-pyrrole nitrogens is 1. The summed E-state index contributed by atoms with van der Waals surface area (Å²) >= 11 is 12.1. The first-order chi connectivity index (χ1) is 10.4. The highest BCUT2D eigenvalue weighted by Gasteiger charge is 2.31. The molecule has 1 aromatic heterocycles. The van der Waals surface area contributed by atoms with Gasteiger partial charge in [0.1, 0.15) is 0 Å². The van der Waals surface area contributed by atoms with Crippen LogP contribution in [0.2, 0.25) is 0 Å². The van der Waals surface area contributed by atoms with Crippen molar-refractivity contribution in [3.05, 3.63) is 51.7 Å². The molecule has 0 fully saturated rings. The number of benzene rings is 1. The van der Waals surface area contributed by atoms with Gasteiger partial charge in [-0.05, 0) is 12.0 Å². The molecule has 0 atom stereocenters. The number of aromatic amines is 1. The summed E-state index contributed by atoms with van der Waals surface area (Å²) in [6.07, 6.45) is 1.07. The topological polar surface area (TPSA) is 49.9 Å². The minimum Gasteiger partial charge on any atom is -0.358 e. The lowest BCUT2D eigenvalue weighted by atomic mass is 9.91. The largest absolute Gasteiger partial charge is 0.358 e. The Balaban J connectivity index is 2.38. The van der Waals surface area contributed by atoms with Crippen molar-refractivity contribution in [2.75, 3.05) is 0 Å². The molecule has 1 aromatic carbocycles. The summed E-state index contributed by atoms with van der Waals surface area (Å²) in [4.78, 5) is 27.8. The van der Waals surface area contributed by atoms with Gasteiger partial charge in [-0.15, -0.1) is 0 Å². The van der Waals surface area contributed by atoms with Crippen LogP contribution < -0.4 is 0 Å². The smallest absolute Gasteiger partial charge is 0.206 e. The molecular formula is C17H13Cl2NO2. The number of ketones is 2. The van der Waals surface area contributed by atoms with Crippen LogP contribution in [0.25, 0.3) is 16.5 Å². The molecule has 22 heavy (non-hydrogen) atoms. The molecule has 112 valence electrons. The van der Waals surface area contributed by atoms with Gasteiger partial charge in [0.2, 0.25) is 5.78 Å². The zero-order valence-electron chi connectivity index (χ0n) is 12.0. The van der Waals surface area contributed by atoms with E-state index in [1.807, 2.05) is 38.1 Å². The predicted molar refractivity (Wildman–Crippen MR) is 89.1 cm³/mol. The average Bonchev–Trinajstić information content (AvgIpc) is 2.86. The van der Waals surface area contributed by atoms with E-state index in [-0.39, 0.29) is 21.6 Å². The Bertz CT molecular complexity index is 872. The Labute approximate surface area is 137 Å². The maximum absolute atomic E-state index is 12.5. The monoisotopic (exact) mass is 333 g/mol. The minimum absolute atomic E-state index is 0.0824. The van der Waals surface area contributed by atoms with E-state index in [2.05, 4.69) is 4.98 Å². The fraction of sp³-hybridized carbons (Fsp3) is 0.176. The minimum atomic E-state index is -0.443. The van der Waals surface area contributed by atoms with Crippen molar-refractivity contribution < 1.29 is 9.59 Å². The Morgan fingerprint density at radius 3 is 2.45 bits per heavy atom. The Hall–Kier alpha value is -1.84. The van der Waals surface area contributed by atoms with Crippen molar-refractivity contribution in [3.8, 4) is 0 Å². The maximum Gasteiger partial charge on any atom is 0.206 e. The van der Waals surface area contributed by atoms with Gasteiger partial charge in [0.15, 0.2) is 5.78 Å². The number of carbonyl (C=O) groups is 2. The maximum atomic E-state index is 12.5. The van der Waals surface area contributed by atoms with Gasteiger partial charge in [-0.3, -0.25) is 9.59 Å². The zero-order chi connectivity index (χ0) is 16.0. The Morgan fingerprint density at radius 2 is 1.77 bits per heavy atom. The highest BCUT2D eigenvalue weighted by molar-refractivity contribution is 6.62. The third kappa shape index (κ3) is 2.21. The van der Waals surface area contributed by atoms with Gasteiger partial charge in [0, 0.05) is 28.2 Å². The predicted octanol–water partition coefficient (Wildman–Crippen LogP) is 4.52. The first-order valence-corrected chi connectivity index (χ1v) is 7.64.